The molecular formula is C14H20N2O5S. The van der Waals surface area contributed by atoms with Crippen molar-refractivity contribution in [3.63, 3.8) is 0 Å². The normalized spacial score (nSPS) is 21.5. The third-order valence-electron chi connectivity index (χ3n) is 3.91. The zero-order valence-corrected chi connectivity index (χ0v) is 13.2. The Morgan fingerprint density at radius 3 is 2.59 bits per heavy atom. The van der Waals surface area contributed by atoms with Crippen molar-refractivity contribution in [1.29, 1.82) is 0 Å². The highest BCUT2D eigenvalue weighted by molar-refractivity contribution is 7.89. The van der Waals surface area contributed by atoms with Crippen molar-refractivity contribution in [2.75, 3.05) is 13.1 Å². The summed E-state index contributed by atoms with van der Waals surface area (Å²) in [5.41, 5.74) is 0.947. The number of hydrogen-bond donors (Lipinski definition) is 1. The number of aryl methyl sites for hydroxylation is 1. The smallest absolute Gasteiger partial charge is 0.243 e. The molecule has 1 heterocycles. The molecule has 1 aliphatic rings. The second-order valence-electron chi connectivity index (χ2n) is 5.57. The van der Waals surface area contributed by atoms with E-state index in [1.807, 2.05) is 6.92 Å². The van der Waals surface area contributed by atoms with Crippen LogP contribution in [0.5, 0.6) is 0 Å². The summed E-state index contributed by atoms with van der Waals surface area (Å²) >= 11 is 0. The Labute approximate surface area is 129 Å². The van der Waals surface area contributed by atoms with Gasteiger partial charge in [-0.05, 0) is 31.9 Å². The van der Waals surface area contributed by atoms with E-state index in [9.17, 15) is 23.6 Å². The summed E-state index contributed by atoms with van der Waals surface area (Å²) in [6.45, 7) is 1.49. The third-order valence-corrected chi connectivity index (χ3v) is 5.84. The lowest BCUT2D eigenvalue weighted by Crippen LogP contribution is -2.51. The van der Waals surface area contributed by atoms with Crippen LogP contribution in [0.15, 0.2) is 29.2 Å². The minimum atomic E-state index is -3.76. The van der Waals surface area contributed by atoms with Gasteiger partial charge in [-0.1, -0.05) is 24.1 Å². The van der Waals surface area contributed by atoms with Crippen molar-refractivity contribution in [2.45, 2.75) is 43.2 Å². The molecule has 0 radical (unpaired) electrons. The zero-order valence-electron chi connectivity index (χ0n) is 12.4. The van der Waals surface area contributed by atoms with Gasteiger partial charge in [-0.2, -0.15) is 4.31 Å². The summed E-state index contributed by atoms with van der Waals surface area (Å²) in [6.07, 6.45) is 0.571. The van der Waals surface area contributed by atoms with Crippen molar-refractivity contribution in [2.24, 2.45) is 0 Å². The SMILES string of the molecule is Cc1ccc(S(=O)(=O)N2CCCC[C@H]2[C@H](O)C[N+](=O)[O-])cc1. The molecule has 1 N–H and O–H groups in total. The first-order valence-corrected chi connectivity index (χ1v) is 8.65. The monoisotopic (exact) mass is 328 g/mol. The van der Waals surface area contributed by atoms with Crippen LogP contribution < -0.4 is 0 Å². The summed E-state index contributed by atoms with van der Waals surface area (Å²) in [5.74, 6) is 0. The van der Waals surface area contributed by atoms with Gasteiger partial charge in [0.05, 0.1) is 10.9 Å². The van der Waals surface area contributed by atoms with E-state index in [-0.39, 0.29) is 11.4 Å². The lowest BCUT2D eigenvalue weighted by atomic mass is 10.00. The Bertz CT molecular complexity index is 629. The fraction of sp³-hybridized carbons (Fsp3) is 0.571. The molecule has 7 nitrogen and oxygen atoms in total. The van der Waals surface area contributed by atoms with Crippen LogP contribution >= 0.6 is 0 Å². The van der Waals surface area contributed by atoms with Crippen LogP contribution in [0.3, 0.4) is 0 Å². The van der Waals surface area contributed by atoms with Gasteiger partial charge < -0.3 is 5.11 Å². The predicted molar refractivity (Wildman–Crippen MR) is 80.6 cm³/mol. The lowest BCUT2D eigenvalue weighted by molar-refractivity contribution is -0.491. The standard InChI is InChI=1S/C14H20N2O5S/c1-11-5-7-12(8-6-11)22(20,21)15-9-3-2-4-13(15)14(17)10-16(18)19/h5-8,13-14,17H,2-4,9-10H2,1H3/t13-,14+/m0/s1. The van der Waals surface area contributed by atoms with E-state index in [0.717, 1.165) is 12.0 Å². The highest BCUT2D eigenvalue weighted by atomic mass is 32.2. The number of rotatable bonds is 5. The van der Waals surface area contributed by atoms with Gasteiger partial charge in [0.25, 0.3) is 0 Å². The van der Waals surface area contributed by atoms with Crippen molar-refractivity contribution in [3.8, 4) is 0 Å². The fourth-order valence-corrected chi connectivity index (χ4v) is 4.46. The van der Waals surface area contributed by atoms with Crippen LogP contribution in [0.4, 0.5) is 0 Å². The highest BCUT2D eigenvalue weighted by Crippen LogP contribution is 2.27. The molecule has 122 valence electrons. The van der Waals surface area contributed by atoms with E-state index in [0.29, 0.717) is 12.8 Å². The number of aliphatic hydroxyl groups excluding tert-OH is 1. The Morgan fingerprint density at radius 2 is 2.00 bits per heavy atom. The maximum absolute atomic E-state index is 12.7. The molecule has 0 aromatic heterocycles. The minimum absolute atomic E-state index is 0.151. The Hall–Kier alpha value is -1.51. The van der Waals surface area contributed by atoms with Crippen molar-refractivity contribution < 1.29 is 18.4 Å². The van der Waals surface area contributed by atoms with Crippen molar-refractivity contribution in [3.05, 3.63) is 39.9 Å². The van der Waals surface area contributed by atoms with Crippen LogP contribution in [0, 0.1) is 17.0 Å². The summed E-state index contributed by atoms with van der Waals surface area (Å²) in [6, 6.07) is 5.72. The van der Waals surface area contributed by atoms with E-state index in [2.05, 4.69) is 0 Å². The zero-order chi connectivity index (χ0) is 16.3. The number of piperidine rings is 1. The largest absolute Gasteiger partial charge is 0.385 e. The molecule has 0 unspecified atom stereocenters. The molecule has 2 rings (SSSR count). The summed E-state index contributed by atoms with van der Waals surface area (Å²) in [7, 11) is -3.76. The van der Waals surface area contributed by atoms with Gasteiger partial charge in [0, 0.05) is 11.5 Å². The summed E-state index contributed by atoms with van der Waals surface area (Å²) < 4.78 is 26.7. The number of nitrogens with zero attached hydrogens (tertiary/aromatic N) is 2. The quantitative estimate of drug-likeness (QED) is 0.646. The predicted octanol–water partition coefficient (Wildman–Crippen LogP) is 1.18. The number of hydrogen-bond acceptors (Lipinski definition) is 5. The van der Waals surface area contributed by atoms with E-state index >= 15 is 0 Å². The third kappa shape index (κ3) is 3.63. The molecule has 1 aliphatic heterocycles. The number of nitro groups is 1. The molecule has 1 saturated heterocycles. The maximum Gasteiger partial charge on any atom is 0.243 e. The molecule has 0 amide bonds. The van der Waals surface area contributed by atoms with Gasteiger partial charge in [-0.15, -0.1) is 0 Å². The summed E-state index contributed by atoms with van der Waals surface area (Å²) in [4.78, 5) is 10.1. The van der Waals surface area contributed by atoms with Crippen LogP contribution in [-0.4, -0.2) is 48.0 Å². The van der Waals surface area contributed by atoms with Crippen molar-refractivity contribution >= 4 is 10.0 Å². The first-order valence-electron chi connectivity index (χ1n) is 7.21. The second-order valence-corrected chi connectivity index (χ2v) is 7.47. The second kappa shape index (κ2) is 6.72. The molecule has 0 bridgehead atoms. The number of sulfonamides is 1. The molecule has 1 fully saturated rings. The van der Waals surface area contributed by atoms with Gasteiger partial charge >= 0.3 is 0 Å². The molecule has 0 saturated carbocycles. The van der Waals surface area contributed by atoms with Crippen molar-refractivity contribution in [1.82, 2.24) is 4.31 Å². The molecule has 1 aromatic carbocycles. The maximum atomic E-state index is 12.7. The van der Waals surface area contributed by atoms with Crippen LogP contribution in [0.25, 0.3) is 0 Å². The molecule has 0 aliphatic carbocycles. The van der Waals surface area contributed by atoms with Gasteiger partial charge in [0.15, 0.2) is 0 Å². The molecule has 1 aromatic rings. The van der Waals surface area contributed by atoms with Gasteiger partial charge in [0.2, 0.25) is 16.6 Å². The topological polar surface area (TPSA) is 101 Å². The molecular weight excluding hydrogens is 308 g/mol. The lowest BCUT2D eigenvalue weighted by Gasteiger charge is -2.36. The van der Waals surface area contributed by atoms with Gasteiger partial charge in [-0.3, -0.25) is 10.1 Å². The minimum Gasteiger partial charge on any atom is -0.385 e. The summed E-state index contributed by atoms with van der Waals surface area (Å²) in [5, 5.41) is 20.6. The van der Waals surface area contributed by atoms with Gasteiger partial charge in [-0.25, -0.2) is 8.42 Å². The number of benzene rings is 1. The first kappa shape index (κ1) is 16.9. The van der Waals surface area contributed by atoms with E-state index in [1.165, 1.54) is 16.4 Å². The first-order chi connectivity index (χ1) is 10.3. The molecule has 0 spiro atoms. The van der Waals surface area contributed by atoms with E-state index < -0.39 is 33.6 Å². The van der Waals surface area contributed by atoms with Crippen LogP contribution in [0.1, 0.15) is 24.8 Å². The Balaban J connectivity index is 2.29. The molecule has 8 heteroatoms. The van der Waals surface area contributed by atoms with Crippen LogP contribution in [0.2, 0.25) is 0 Å². The Morgan fingerprint density at radius 1 is 1.36 bits per heavy atom. The average Bonchev–Trinajstić information content (AvgIpc) is 2.47. The Kier molecular flexibility index (Phi) is 5.15. The number of aliphatic hydroxyl groups is 1. The fourth-order valence-electron chi connectivity index (χ4n) is 2.73. The average molecular weight is 328 g/mol. The highest BCUT2D eigenvalue weighted by Gasteiger charge is 2.38. The van der Waals surface area contributed by atoms with E-state index in [4.69, 9.17) is 0 Å². The van der Waals surface area contributed by atoms with E-state index in [1.54, 1.807) is 12.1 Å². The molecule has 22 heavy (non-hydrogen) atoms. The van der Waals surface area contributed by atoms with Gasteiger partial charge in [0.1, 0.15) is 6.10 Å². The van der Waals surface area contributed by atoms with Crippen LogP contribution in [-0.2, 0) is 10.0 Å². The molecule has 2 atom stereocenters.